The van der Waals surface area contributed by atoms with Crippen LogP contribution in [0.3, 0.4) is 0 Å². The maximum absolute atomic E-state index is 12.8. The summed E-state index contributed by atoms with van der Waals surface area (Å²) in [5.41, 5.74) is 5.76. The zero-order chi connectivity index (χ0) is 40.7. The third-order valence-corrected chi connectivity index (χ3v) is 11.8. The van der Waals surface area contributed by atoms with Crippen LogP contribution in [0.15, 0.2) is 77.7 Å². The second-order valence-electron chi connectivity index (χ2n) is 15.9. The zero-order valence-corrected chi connectivity index (χ0v) is 35.9. The highest BCUT2D eigenvalue weighted by molar-refractivity contribution is 7.85. The van der Waals surface area contributed by atoms with Gasteiger partial charge in [0.25, 0.3) is 0 Å². The number of hydrogen-bond donors (Lipinski definition) is 1. The summed E-state index contributed by atoms with van der Waals surface area (Å²) in [4.78, 5) is 27.3. The van der Waals surface area contributed by atoms with Gasteiger partial charge >= 0.3 is 0 Å². The van der Waals surface area contributed by atoms with E-state index in [1.165, 1.54) is 118 Å². The molecule has 0 atom stereocenters. The van der Waals surface area contributed by atoms with Crippen molar-refractivity contribution in [2.24, 2.45) is 0 Å². The molecule has 3 aromatic carbocycles. The largest absolute Gasteiger partial charge is 0.744 e. The molecule has 0 radical (unpaired) electrons. The van der Waals surface area contributed by atoms with Gasteiger partial charge in [-0.2, -0.15) is 0 Å². The van der Waals surface area contributed by atoms with Gasteiger partial charge < -0.3 is 9.87 Å². The molecule has 0 saturated carbocycles. The van der Waals surface area contributed by atoms with Crippen molar-refractivity contribution in [1.82, 2.24) is 14.7 Å². The third kappa shape index (κ3) is 17.3. The van der Waals surface area contributed by atoms with Gasteiger partial charge in [-0.1, -0.05) is 150 Å². The zero-order valence-electron chi connectivity index (χ0n) is 35.0. The smallest absolute Gasteiger partial charge is 0.226 e. The summed E-state index contributed by atoms with van der Waals surface area (Å²) in [7, 11) is -4.27. The van der Waals surface area contributed by atoms with E-state index in [1.54, 1.807) is 12.1 Å². The molecule has 1 fully saturated rings. The lowest BCUT2D eigenvalue weighted by molar-refractivity contribution is -0.129. The van der Waals surface area contributed by atoms with E-state index in [0.29, 0.717) is 30.5 Å². The summed E-state index contributed by atoms with van der Waals surface area (Å²) in [6, 6.07) is 23.3. The summed E-state index contributed by atoms with van der Waals surface area (Å²) in [6.45, 7) is 11.2. The maximum atomic E-state index is 12.8. The Balaban J connectivity index is 0.000000655. The van der Waals surface area contributed by atoms with Gasteiger partial charge in [0, 0.05) is 32.4 Å². The Morgan fingerprint density at radius 1 is 0.661 bits per heavy atom. The van der Waals surface area contributed by atoms with E-state index in [-0.39, 0.29) is 16.7 Å². The highest BCUT2D eigenvalue weighted by Gasteiger charge is 2.38. The Labute approximate surface area is 339 Å². The van der Waals surface area contributed by atoms with Gasteiger partial charge in [0.2, 0.25) is 11.8 Å². The van der Waals surface area contributed by atoms with Crippen molar-refractivity contribution >= 4 is 33.3 Å². The summed E-state index contributed by atoms with van der Waals surface area (Å²) in [5, 5.41) is 3.20. The first-order valence-corrected chi connectivity index (χ1v) is 22.9. The lowest BCUT2D eigenvalue weighted by atomic mass is 10.0. The first kappa shape index (κ1) is 46.8. The predicted molar refractivity (Wildman–Crippen MR) is 231 cm³/mol. The monoisotopic (exact) mass is 790 g/mol. The van der Waals surface area contributed by atoms with E-state index in [9.17, 15) is 22.6 Å². The van der Waals surface area contributed by atoms with Crippen molar-refractivity contribution in [3.8, 4) is 0 Å². The van der Waals surface area contributed by atoms with Gasteiger partial charge in [0.1, 0.15) is 21.5 Å². The number of benzene rings is 3. The highest BCUT2D eigenvalue weighted by atomic mass is 32.2. The second kappa shape index (κ2) is 25.7. The molecule has 8 nitrogen and oxygen atoms in total. The first-order valence-electron chi connectivity index (χ1n) is 21.5. The number of unbranched alkanes of at least 4 members (excludes halogenated alkanes) is 14. The van der Waals surface area contributed by atoms with E-state index in [0.717, 1.165) is 44.3 Å². The van der Waals surface area contributed by atoms with E-state index in [2.05, 4.69) is 74.6 Å². The average molecular weight is 790 g/mol. The summed E-state index contributed by atoms with van der Waals surface area (Å²) < 4.78 is 31.8. The van der Waals surface area contributed by atoms with Crippen LogP contribution in [0.25, 0.3) is 0 Å². The molecule has 56 heavy (non-hydrogen) atoms. The number of carbonyl (C=O) groups excluding carboxylic acids is 2. The van der Waals surface area contributed by atoms with Crippen molar-refractivity contribution in [2.45, 2.75) is 155 Å². The van der Waals surface area contributed by atoms with Crippen molar-refractivity contribution in [2.75, 3.05) is 26.3 Å². The van der Waals surface area contributed by atoms with Crippen LogP contribution in [0.4, 0.5) is 11.4 Å². The van der Waals surface area contributed by atoms with Gasteiger partial charge in [-0.15, -0.1) is 0 Å². The molecule has 3 aromatic rings. The Kier molecular flexibility index (Phi) is 21.5. The third-order valence-electron chi connectivity index (χ3n) is 11.0. The number of nitrogens with one attached hydrogen (secondary N) is 1. The number of quaternary nitrogens is 1. The molecule has 0 spiro atoms. The normalized spacial score (nSPS) is 13.1. The fraction of sp³-hybridized carbons (Fsp3) is 0.574. The number of rotatable bonds is 25. The van der Waals surface area contributed by atoms with Crippen molar-refractivity contribution in [3.05, 3.63) is 89.5 Å². The van der Waals surface area contributed by atoms with Crippen LogP contribution in [-0.4, -0.2) is 56.0 Å². The van der Waals surface area contributed by atoms with E-state index in [4.69, 9.17) is 0 Å². The van der Waals surface area contributed by atoms with Crippen LogP contribution in [0.1, 0.15) is 146 Å². The second-order valence-corrected chi connectivity index (χ2v) is 17.3. The summed E-state index contributed by atoms with van der Waals surface area (Å²) in [6.07, 6.45) is 23.0. The molecular formula is C47H71N3O5S. The molecule has 1 aliphatic rings. The van der Waals surface area contributed by atoms with Gasteiger partial charge in [-0.3, -0.25) is 14.5 Å². The fourth-order valence-electron chi connectivity index (χ4n) is 7.47. The van der Waals surface area contributed by atoms with Crippen LogP contribution in [0, 0.1) is 20.8 Å². The van der Waals surface area contributed by atoms with Crippen molar-refractivity contribution in [1.29, 1.82) is 0 Å². The minimum atomic E-state index is -4.27. The fourth-order valence-corrected chi connectivity index (χ4v) is 7.94. The van der Waals surface area contributed by atoms with Crippen LogP contribution in [0.5, 0.6) is 0 Å². The molecule has 2 amide bonds. The summed E-state index contributed by atoms with van der Waals surface area (Å²) >= 11 is 0. The Hall–Kier alpha value is -3.53. The van der Waals surface area contributed by atoms with Gasteiger partial charge in [0.05, 0.1) is 11.4 Å². The molecule has 0 unspecified atom stereocenters. The number of hydrogen-bond acceptors (Lipinski definition) is 5. The van der Waals surface area contributed by atoms with Gasteiger partial charge in [-0.05, 0) is 70.0 Å². The van der Waals surface area contributed by atoms with E-state index in [1.807, 2.05) is 11.8 Å². The highest BCUT2D eigenvalue weighted by Crippen LogP contribution is 2.37. The molecular weight excluding hydrogens is 719 g/mol. The van der Waals surface area contributed by atoms with Crippen LogP contribution < -0.4 is 9.80 Å². The topological polar surface area (TPSA) is 107 Å². The number of amides is 2. The van der Waals surface area contributed by atoms with Gasteiger partial charge in [-0.25, -0.2) is 12.9 Å². The molecule has 9 heteroatoms. The Bertz CT molecular complexity index is 1610. The molecule has 4 rings (SSSR count). The molecule has 1 saturated heterocycles. The number of likely N-dealkylation sites (tertiary alicyclic amines) is 1. The summed E-state index contributed by atoms with van der Waals surface area (Å²) in [5.74, 6) is 0.414. The van der Waals surface area contributed by atoms with Crippen LogP contribution >= 0.6 is 0 Å². The van der Waals surface area contributed by atoms with E-state index >= 15 is 0 Å². The SMILES string of the molecule is CCCCCCCCCCCCCCCCCC(=O)NCCC[N+](CN1CCCC1=O)(c1ccc(C)cc1)c1ccc(C)cc1.Cc1ccc(S(=O)(=O)[O-])cc1. The van der Waals surface area contributed by atoms with Gasteiger partial charge in [0.15, 0.2) is 6.67 Å². The number of carbonyl (C=O) groups is 2. The molecule has 0 bridgehead atoms. The quantitative estimate of drug-likeness (QED) is 0.0522. The van der Waals surface area contributed by atoms with Crippen molar-refractivity contribution in [3.63, 3.8) is 0 Å². The minimum absolute atomic E-state index is 0.170. The molecule has 1 N–H and O–H groups in total. The number of nitrogens with zero attached hydrogens (tertiary/aromatic N) is 2. The molecule has 310 valence electrons. The maximum Gasteiger partial charge on any atom is 0.226 e. The number of aryl methyl sites for hydroxylation is 3. The average Bonchev–Trinajstić information content (AvgIpc) is 3.58. The van der Waals surface area contributed by atoms with E-state index < -0.39 is 10.1 Å². The first-order chi connectivity index (χ1) is 26.9. The standard InChI is InChI=1S/C40H63N3O2.C7H8O3S/c1-4-5-6-7-8-9-10-11-12-13-14-15-16-17-18-21-39(44)41-31-20-33-43(34-42-32-19-22-40(42)45,37-27-23-35(2)24-28-37)38-29-25-36(3)26-30-38;1-6-2-4-7(5-3-6)11(8,9)10/h23-30H,4-22,31-34H2,1-3H3;2-5H,1H3,(H,8,9,10). The Morgan fingerprint density at radius 2 is 1.09 bits per heavy atom. The minimum Gasteiger partial charge on any atom is -0.744 e. The van der Waals surface area contributed by atoms with Crippen molar-refractivity contribution < 1.29 is 22.6 Å². The molecule has 1 heterocycles. The van der Waals surface area contributed by atoms with Crippen LogP contribution in [0.2, 0.25) is 0 Å². The van der Waals surface area contributed by atoms with Crippen LogP contribution in [-0.2, 0) is 19.7 Å². The molecule has 0 aliphatic carbocycles. The lowest BCUT2D eigenvalue weighted by Crippen LogP contribution is -2.53. The molecule has 1 aliphatic heterocycles. The lowest BCUT2D eigenvalue weighted by Gasteiger charge is -2.40. The molecule has 0 aromatic heterocycles. The Morgan fingerprint density at radius 3 is 1.50 bits per heavy atom. The predicted octanol–water partition coefficient (Wildman–Crippen LogP) is 11.2.